The molecule has 0 saturated heterocycles. The molecule has 0 fully saturated rings. The summed E-state index contributed by atoms with van der Waals surface area (Å²) in [5, 5.41) is 3.76. The van der Waals surface area contributed by atoms with Crippen LogP contribution in [0.2, 0.25) is 0 Å². The summed E-state index contributed by atoms with van der Waals surface area (Å²) < 4.78 is 7.29. The predicted octanol–water partition coefficient (Wildman–Crippen LogP) is 5.92. The molecule has 0 atom stereocenters. The van der Waals surface area contributed by atoms with E-state index in [4.69, 9.17) is 4.42 Å². The topological polar surface area (TPSA) is 59.3 Å². The molecule has 1 amide bonds. The van der Waals surface area contributed by atoms with Gasteiger partial charge in [-0.25, -0.2) is 4.79 Å². The molecule has 0 aliphatic carbocycles. The number of benzene rings is 3. The van der Waals surface area contributed by atoms with E-state index in [1.165, 1.54) is 0 Å². The fourth-order valence-corrected chi connectivity index (χ4v) is 3.97. The van der Waals surface area contributed by atoms with E-state index in [1.807, 2.05) is 48.5 Å². The zero-order valence-electron chi connectivity index (χ0n) is 14.4. The minimum atomic E-state index is -0.408. The Morgan fingerprint density at radius 1 is 0.893 bits per heavy atom. The summed E-state index contributed by atoms with van der Waals surface area (Å²) in [6.45, 7) is 0. The zero-order valence-corrected chi connectivity index (χ0v) is 18.7. The smallest absolute Gasteiger partial charge is 0.344 e. The fourth-order valence-electron chi connectivity index (χ4n) is 2.90. The second-order valence-electron chi connectivity index (χ2n) is 6.14. The highest BCUT2D eigenvalue weighted by Crippen LogP contribution is 2.24. The van der Waals surface area contributed by atoms with Crippen molar-refractivity contribution in [3.63, 3.8) is 0 Å². The minimum absolute atomic E-state index is 0.189. The Morgan fingerprint density at radius 3 is 2.57 bits per heavy atom. The number of carbonyl (C=O) groups excluding carboxylic acids is 1. The number of carbonyl (C=O) groups is 1. The molecule has 4 aromatic rings. The Morgan fingerprint density at radius 2 is 1.71 bits per heavy atom. The molecule has 0 unspecified atom stereocenters. The molecular weight excluding hydrogens is 580 g/mol. The highest BCUT2D eigenvalue weighted by molar-refractivity contribution is 14.1. The summed E-state index contributed by atoms with van der Waals surface area (Å²) in [7, 11) is 0. The first-order valence-electron chi connectivity index (χ1n) is 8.41. The second-order valence-corrected chi connectivity index (χ2v) is 8.55. The van der Waals surface area contributed by atoms with Crippen molar-refractivity contribution < 1.29 is 9.21 Å². The van der Waals surface area contributed by atoms with E-state index < -0.39 is 5.63 Å². The molecule has 1 N–H and O–H groups in total. The van der Waals surface area contributed by atoms with Crippen molar-refractivity contribution in [2.24, 2.45) is 0 Å². The van der Waals surface area contributed by atoms with Crippen LogP contribution in [0.25, 0.3) is 22.1 Å². The summed E-state index contributed by atoms with van der Waals surface area (Å²) in [6.07, 6.45) is 0. The van der Waals surface area contributed by atoms with Crippen molar-refractivity contribution in [2.75, 3.05) is 5.32 Å². The van der Waals surface area contributed by atoms with Gasteiger partial charge in [-0.1, -0.05) is 30.3 Å². The third kappa shape index (κ3) is 3.97. The molecule has 0 radical (unpaired) electrons. The maximum Gasteiger partial charge on any atom is 0.344 e. The molecular formula is C22H13I2NO3. The third-order valence-electron chi connectivity index (χ3n) is 4.25. The van der Waals surface area contributed by atoms with E-state index in [-0.39, 0.29) is 5.91 Å². The van der Waals surface area contributed by atoms with Gasteiger partial charge in [-0.15, -0.1) is 0 Å². The first-order valence-corrected chi connectivity index (χ1v) is 10.6. The Bertz CT molecular complexity index is 1260. The van der Waals surface area contributed by atoms with E-state index in [9.17, 15) is 9.59 Å². The van der Waals surface area contributed by atoms with Crippen LogP contribution in [0.4, 0.5) is 5.69 Å². The van der Waals surface area contributed by atoms with Crippen molar-refractivity contribution in [3.05, 3.63) is 95.9 Å². The molecule has 1 heterocycles. The molecule has 6 heteroatoms. The number of para-hydroxylation sites is 1. The summed E-state index contributed by atoms with van der Waals surface area (Å²) >= 11 is 4.33. The van der Waals surface area contributed by atoms with Crippen LogP contribution in [0.5, 0.6) is 0 Å². The first kappa shape index (κ1) is 19.1. The number of nitrogens with one attached hydrogen (secondary N) is 1. The highest BCUT2D eigenvalue weighted by Gasteiger charge is 2.13. The normalized spacial score (nSPS) is 10.8. The van der Waals surface area contributed by atoms with Crippen LogP contribution in [-0.2, 0) is 0 Å². The lowest BCUT2D eigenvalue weighted by molar-refractivity contribution is 0.102. The van der Waals surface area contributed by atoms with Crippen molar-refractivity contribution in [1.82, 2.24) is 0 Å². The van der Waals surface area contributed by atoms with Gasteiger partial charge in [-0.2, -0.15) is 0 Å². The maximum atomic E-state index is 12.7. The Balaban J connectivity index is 1.69. The monoisotopic (exact) mass is 593 g/mol. The number of hydrogen-bond donors (Lipinski definition) is 1. The van der Waals surface area contributed by atoms with Crippen molar-refractivity contribution in [2.45, 2.75) is 0 Å². The summed E-state index contributed by atoms with van der Waals surface area (Å²) in [6, 6.07) is 22.1. The van der Waals surface area contributed by atoms with Crippen LogP contribution >= 0.6 is 45.2 Å². The van der Waals surface area contributed by atoms with Gasteiger partial charge in [0.05, 0.1) is 11.1 Å². The van der Waals surface area contributed by atoms with E-state index in [0.29, 0.717) is 28.0 Å². The molecule has 4 rings (SSSR count). The van der Waals surface area contributed by atoms with Crippen LogP contribution in [0.15, 0.2) is 82.0 Å². The molecule has 0 spiro atoms. The van der Waals surface area contributed by atoms with Gasteiger partial charge in [0.15, 0.2) is 0 Å². The number of anilines is 1. The molecule has 28 heavy (non-hydrogen) atoms. The van der Waals surface area contributed by atoms with Crippen LogP contribution in [0.1, 0.15) is 10.4 Å². The van der Waals surface area contributed by atoms with E-state index in [2.05, 4.69) is 50.5 Å². The van der Waals surface area contributed by atoms with Crippen LogP contribution in [0.3, 0.4) is 0 Å². The Kier molecular flexibility index (Phi) is 5.49. The molecule has 138 valence electrons. The number of fused-ring (bicyclic) bond motifs is 1. The summed E-state index contributed by atoms with van der Waals surface area (Å²) in [4.78, 5) is 25.1. The Labute approximate surface area is 188 Å². The van der Waals surface area contributed by atoms with Gasteiger partial charge in [0, 0.05) is 18.2 Å². The lowest BCUT2D eigenvalue weighted by Crippen LogP contribution is -2.14. The minimum Gasteiger partial charge on any atom is -0.422 e. The molecule has 3 aromatic carbocycles. The number of hydrogen-bond acceptors (Lipinski definition) is 3. The van der Waals surface area contributed by atoms with Gasteiger partial charge in [-0.05, 0) is 93.2 Å². The van der Waals surface area contributed by atoms with Gasteiger partial charge in [-0.3, -0.25) is 4.79 Å². The molecule has 0 aliphatic rings. The van der Waals surface area contributed by atoms with Crippen LogP contribution < -0.4 is 10.9 Å². The number of amides is 1. The predicted molar refractivity (Wildman–Crippen MR) is 128 cm³/mol. The van der Waals surface area contributed by atoms with E-state index in [1.54, 1.807) is 24.3 Å². The molecule has 4 nitrogen and oxygen atoms in total. The third-order valence-corrected chi connectivity index (χ3v) is 5.86. The number of halogens is 2. The van der Waals surface area contributed by atoms with Crippen LogP contribution in [-0.4, -0.2) is 5.91 Å². The average molecular weight is 593 g/mol. The second kappa shape index (κ2) is 8.04. The molecule has 0 saturated carbocycles. The lowest BCUT2D eigenvalue weighted by atomic mass is 10.1. The average Bonchev–Trinajstić information content (AvgIpc) is 2.69. The van der Waals surface area contributed by atoms with Gasteiger partial charge in [0.1, 0.15) is 5.58 Å². The lowest BCUT2D eigenvalue weighted by Gasteiger charge is -2.09. The highest BCUT2D eigenvalue weighted by atomic mass is 127. The largest absolute Gasteiger partial charge is 0.422 e. The maximum absolute atomic E-state index is 12.7. The standard InChI is InChI=1S/C22H13I2NO3/c23-15-8-9-19(24)18(12-15)21(26)25-16-6-3-5-13(10-16)17-11-14-4-1-2-7-20(14)28-22(17)27/h1-12H,(H,25,26). The quantitative estimate of drug-likeness (QED) is 0.237. The van der Waals surface area contributed by atoms with Crippen LogP contribution in [0, 0.1) is 7.14 Å². The molecule has 1 aromatic heterocycles. The zero-order chi connectivity index (χ0) is 19.7. The SMILES string of the molecule is O=C(Nc1cccc(-c2cc3ccccc3oc2=O)c1)c1cc(I)ccc1I. The first-order chi connectivity index (χ1) is 13.5. The van der Waals surface area contributed by atoms with Gasteiger partial charge in [0.2, 0.25) is 0 Å². The van der Waals surface area contributed by atoms with Gasteiger partial charge >= 0.3 is 5.63 Å². The van der Waals surface area contributed by atoms with E-state index >= 15 is 0 Å². The molecule has 0 bridgehead atoms. The number of rotatable bonds is 3. The van der Waals surface area contributed by atoms with Crippen molar-refractivity contribution >= 4 is 67.7 Å². The molecule has 0 aliphatic heterocycles. The van der Waals surface area contributed by atoms with Gasteiger partial charge < -0.3 is 9.73 Å². The van der Waals surface area contributed by atoms with E-state index in [0.717, 1.165) is 12.5 Å². The fraction of sp³-hybridized carbons (Fsp3) is 0. The Hall–Kier alpha value is -2.20. The summed E-state index contributed by atoms with van der Waals surface area (Å²) in [5.41, 5.74) is 2.52. The van der Waals surface area contributed by atoms with Gasteiger partial charge in [0.25, 0.3) is 5.91 Å². The summed E-state index contributed by atoms with van der Waals surface area (Å²) in [5.74, 6) is -0.189. The van der Waals surface area contributed by atoms with Crippen molar-refractivity contribution in [1.29, 1.82) is 0 Å². The van der Waals surface area contributed by atoms with Crippen molar-refractivity contribution in [3.8, 4) is 11.1 Å².